The number of rotatable bonds is 5. The number of hydrogen-bond donors (Lipinski definition) is 1. The van der Waals surface area contributed by atoms with E-state index in [1.165, 1.54) is 18.5 Å². The largest absolute Gasteiger partial charge is 0.573 e. The molecule has 2 atom stereocenters. The van der Waals surface area contributed by atoms with Crippen LogP contribution in [-0.2, 0) is 11.3 Å². The van der Waals surface area contributed by atoms with Crippen LogP contribution in [0, 0.1) is 12.8 Å². The van der Waals surface area contributed by atoms with Gasteiger partial charge in [-0.15, -0.1) is 13.2 Å². The Labute approximate surface area is 135 Å². The molecule has 0 radical (unpaired) electrons. The summed E-state index contributed by atoms with van der Waals surface area (Å²) >= 11 is 0. The van der Waals surface area contributed by atoms with Crippen molar-refractivity contribution < 1.29 is 27.1 Å². The summed E-state index contributed by atoms with van der Waals surface area (Å²) < 4.78 is 46.5. The summed E-state index contributed by atoms with van der Waals surface area (Å²) in [5.74, 6) is -0.495. The van der Waals surface area contributed by atoms with Gasteiger partial charge in [0, 0.05) is 5.92 Å². The van der Waals surface area contributed by atoms with Crippen molar-refractivity contribution >= 4 is 5.91 Å². The molecule has 1 saturated carbocycles. The van der Waals surface area contributed by atoms with Gasteiger partial charge in [-0.3, -0.25) is 4.79 Å². The molecule has 2 aromatic rings. The molecule has 1 fully saturated rings. The van der Waals surface area contributed by atoms with Crippen LogP contribution in [0.1, 0.15) is 29.4 Å². The molecule has 1 aliphatic carbocycles. The first kappa shape index (κ1) is 16.4. The van der Waals surface area contributed by atoms with Crippen LogP contribution in [0.15, 0.2) is 35.1 Å². The Kier molecular flexibility index (Phi) is 4.21. The molecule has 1 amide bonds. The number of alkyl halides is 3. The standard InChI is InChI=1S/C16H15F3N2O3/c1-9-13(21-8-23-9)7-20-15(22)12-6-11(12)10-4-2-3-5-14(10)24-16(17,18)19/h2-5,8,11-12H,6-7H2,1H3,(H,20,22)/t11-,12+/m0/s1. The van der Waals surface area contributed by atoms with E-state index in [1.54, 1.807) is 19.1 Å². The van der Waals surface area contributed by atoms with Crippen LogP contribution in [0.5, 0.6) is 5.75 Å². The summed E-state index contributed by atoms with van der Waals surface area (Å²) in [5, 5.41) is 2.73. The average Bonchev–Trinajstić information content (AvgIpc) is 3.20. The maximum Gasteiger partial charge on any atom is 0.573 e. The van der Waals surface area contributed by atoms with E-state index in [0.29, 0.717) is 23.4 Å². The smallest absolute Gasteiger partial charge is 0.448 e. The average molecular weight is 340 g/mol. The van der Waals surface area contributed by atoms with Crippen molar-refractivity contribution in [3.63, 3.8) is 0 Å². The Balaban J connectivity index is 1.63. The van der Waals surface area contributed by atoms with Crippen molar-refractivity contribution in [1.82, 2.24) is 10.3 Å². The highest BCUT2D eigenvalue weighted by Crippen LogP contribution is 2.51. The number of ether oxygens (including phenoxy) is 1. The molecule has 1 aromatic heterocycles. The first-order valence-corrected chi connectivity index (χ1v) is 7.36. The number of carbonyl (C=O) groups excluding carboxylic acids is 1. The molecule has 1 heterocycles. The van der Waals surface area contributed by atoms with Gasteiger partial charge in [0.2, 0.25) is 5.91 Å². The minimum atomic E-state index is -4.76. The van der Waals surface area contributed by atoms with Gasteiger partial charge in [-0.1, -0.05) is 18.2 Å². The fraction of sp³-hybridized carbons (Fsp3) is 0.375. The molecule has 0 saturated heterocycles. The van der Waals surface area contributed by atoms with E-state index < -0.39 is 6.36 Å². The lowest BCUT2D eigenvalue weighted by Gasteiger charge is -2.13. The van der Waals surface area contributed by atoms with Crippen LogP contribution >= 0.6 is 0 Å². The van der Waals surface area contributed by atoms with Crippen molar-refractivity contribution in [1.29, 1.82) is 0 Å². The summed E-state index contributed by atoms with van der Waals surface area (Å²) in [4.78, 5) is 16.1. The molecule has 0 unspecified atom stereocenters. The number of amides is 1. The quantitative estimate of drug-likeness (QED) is 0.907. The van der Waals surface area contributed by atoms with E-state index in [1.807, 2.05) is 0 Å². The van der Waals surface area contributed by atoms with Crippen LogP contribution in [0.25, 0.3) is 0 Å². The first-order chi connectivity index (χ1) is 11.3. The van der Waals surface area contributed by atoms with E-state index in [-0.39, 0.29) is 30.0 Å². The van der Waals surface area contributed by atoms with Crippen molar-refractivity contribution in [3.8, 4) is 5.75 Å². The Hall–Kier alpha value is -2.51. The number of oxazole rings is 1. The van der Waals surface area contributed by atoms with Crippen LogP contribution in [0.4, 0.5) is 13.2 Å². The Morgan fingerprint density at radius 3 is 2.83 bits per heavy atom. The number of carbonyl (C=O) groups is 1. The van der Waals surface area contributed by atoms with Gasteiger partial charge in [0.05, 0.1) is 6.54 Å². The van der Waals surface area contributed by atoms with E-state index in [0.717, 1.165) is 0 Å². The van der Waals surface area contributed by atoms with Gasteiger partial charge in [-0.25, -0.2) is 4.98 Å². The highest BCUT2D eigenvalue weighted by Gasteiger charge is 2.46. The molecule has 0 spiro atoms. The molecular weight excluding hydrogens is 325 g/mol. The number of nitrogens with one attached hydrogen (secondary N) is 1. The number of aryl methyl sites for hydroxylation is 1. The number of hydrogen-bond acceptors (Lipinski definition) is 4. The van der Waals surface area contributed by atoms with Crippen LogP contribution in [-0.4, -0.2) is 17.3 Å². The summed E-state index contributed by atoms with van der Waals surface area (Å²) in [7, 11) is 0. The topological polar surface area (TPSA) is 64.4 Å². The van der Waals surface area contributed by atoms with Gasteiger partial charge in [-0.2, -0.15) is 0 Å². The highest BCUT2D eigenvalue weighted by molar-refractivity contribution is 5.83. The van der Waals surface area contributed by atoms with Crippen molar-refractivity contribution in [2.24, 2.45) is 5.92 Å². The molecule has 128 valence electrons. The second kappa shape index (κ2) is 6.18. The summed E-state index contributed by atoms with van der Waals surface area (Å²) in [6, 6.07) is 5.91. The van der Waals surface area contributed by atoms with Gasteiger partial charge in [0.15, 0.2) is 6.39 Å². The lowest BCUT2D eigenvalue weighted by atomic mass is 10.1. The zero-order valence-corrected chi connectivity index (χ0v) is 12.8. The maximum absolute atomic E-state index is 12.5. The molecule has 0 aliphatic heterocycles. The van der Waals surface area contributed by atoms with Crippen molar-refractivity contribution in [3.05, 3.63) is 47.7 Å². The lowest BCUT2D eigenvalue weighted by Crippen LogP contribution is -2.25. The molecule has 0 bridgehead atoms. The molecule has 5 nitrogen and oxygen atoms in total. The number of halogens is 3. The Morgan fingerprint density at radius 1 is 1.42 bits per heavy atom. The van der Waals surface area contributed by atoms with Gasteiger partial charge < -0.3 is 14.5 Å². The van der Waals surface area contributed by atoms with Crippen molar-refractivity contribution in [2.75, 3.05) is 0 Å². The predicted molar refractivity (Wildman–Crippen MR) is 77.1 cm³/mol. The van der Waals surface area contributed by atoms with E-state index in [9.17, 15) is 18.0 Å². The van der Waals surface area contributed by atoms with Crippen LogP contribution in [0.3, 0.4) is 0 Å². The van der Waals surface area contributed by atoms with Gasteiger partial charge in [0.1, 0.15) is 17.2 Å². The lowest BCUT2D eigenvalue weighted by molar-refractivity contribution is -0.274. The third-order valence-corrected chi connectivity index (χ3v) is 3.95. The van der Waals surface area contributed by atoms with Crippen molar-refractivity contribution in [2.45, 2.75) is 32.2 Å². The fourth-order valence-electron chi connectivity index (χ4n) is 2.63. The second-order valence-electron chi connectivity index (χ2n) is 5.61. The maximum atomic E-state index is 12.5. The number of nitrogens with zero attached hydrogens (tertiary/aromatic N) is 1. The monoisotopic (exact) mass is 340 g/mol. The van der Waals surface area contributed by atoms with E-state index in [4.69, 9.17) is 4.42 Å². The van der Waals surface area contributed by atoms with Crippen LogP contribution in [0.2, 0.25) is 0 Å². The summed E-state index contributed by atoms with van der Waals surface area (Å²) in [6.07, 6.45) is -2.98. The van der Waals surface area contributed by atoms with Gasteiger partial charge in [-0.05, 0) is 30.9 Å². The molecule has 1 aliphatic rings. The Morgan fingerprint density at radius 2 is 2.17 bits per heavy atom. The van der Waals surface area contributed by atoms with E-state index >= 15 is 0 Å². The molecule has 24 heavy (non-hydrogen) atoms. The SMILES string of the molecule is Cc1ocnc1CNC(=O)[C@@H]1C[C@H]1c1ccccc1OC(F)(F)F. The normalized spacial score (nSPS) is 19.8. The summed E-state index contributed by atoms with van der Waals surface area (Å²) in [6.45, 7) is 1.96. The Bertz CT molecular complexity index is 742. The molecule has 1 N–H and O–H groups in total. The van der Waals surface area contributed by atoms with Gasteiger partial charge in [0.25, 0.3) is 0 Å². The highest BCUT2D eigenvalue weighted by atomic mass is 19.4. The van der Waals surface area contributed by atoms with E-state index in [2.05, 4.69) is 15.0 Å². The number of benzene rings is 1. The molecule has 1 aromatic carbocycles. The molecular formula is C16H15F3N2O3. The van der Waals surface area contributed by atoms with Crippen LogP contribution < -0.4 is 10.1 Å². The van der Waals surface area contributed by atoms with Gasteiger partial charge >= 0.3 is 6.36 Å². The minimum absolute atomic E-state index is 0.218. The third-order valence-electron chi connectivity index (χ3n) is 3.95. The number of para-hydroxylation sites is 1. The second-order valence-corrected chi connectivity index (χ2v) is 5.61. The molecule has 3 rings (SSSR count). The third kappa shape index (κ3) is 3.69. The zero-order chi connectivity index (χ0) is 17.3. The predicted octanol–water partition coefficient (Wildman–Crippen LogP) is 3.30. The first-order valence-electron chi connectivity index (χ1n) is 7.36. The molecule has 8 heteroatoms. The number of aromatic nitrogens is 1. The summed E-state index contributed by atoms with van der Waals surface area (Å²) in [5.41, 5.74) is 1.02. The fourth-order valence-corrected chi connectivity index (χ4v) is 2.63. The minimum Gasteiger partial charge on any atom is -0.448 e. The zero-order valence-electron chi connectivity index (χ0n) is 12.8.